The summed E-state index contributed by atoms with van der Waals surface area (Å²) in [6, 6.07) is 6.20. The summed E-state index contributed by atoms with van der Waals surface area (Å²) >= 11 is 0. The summed E-state index contributed by atoms with van der Waals surface area (Å²) in [5, 5.41) is 4.62. The molecule has 1 saturated carbocycles. The molecule has 0 atom stereocenters. The van der Waals surface area contributed by atoms with Crippen LogP contribution in [0.1, 0.15) is 69.3 Å². The maximum absolute atomic E-state index is 4.81. The van der Waals surface area contributed by atoms with E-state index in [-0.39, 0.29) is 0 Å². The molecule has 2 aromatic rings. The second kappa shape index (κ2) is 7.03. The molecule has 118 valence electrons. The molecule has 0 spiro atoms. The molecule has 4 nitrogen and oxygen atoms in total. The molecule has 2 heterocycles. The van der Waals surface area contributed by atoms with Crippen molar-refractivity contribution in [1.29, 1.82) is 0 Å². The summed E-state index contributed by atoms with van der Waals surface area (Å²) in [5.74, 6) is 2.49. The van der Waals surface area contributed by atoms with Gasteiger partial charge in [-0.05, 0) is 37.8 Å². The zero-order chi connectivity index (χ0) is 15.4. The van der Waals surface area contributed by atoms with Crippen molar-refractivity contribution in [2.45, 2.75) is 64.2 Å². The van der Waals surface area contributed by atoms with Gasteiger partial charge in [0.1, 0.15) is 11.5 Å². The predicted molar refractivity (Wildman–Crippen MR) is 88.7 cm³/mol. The molecule has 0 unspecified atom stereocenters. The van der Waals surface area contributed by atoms with Crippen LogP contribution in [0.15, 0.2) is 18.2 Å². The van der Waals surface area contributed by atoms with E-state index in [9.17, 15) is 0 Å². The normalized spacial score (nSPS) is 16.1. The molecule has 0 saturated heterocycles. The van der Waals surface area contributed by atoms with Crippen molar-refractivity contribution >= 4 is 0 Å². The Balaban J connectivity index is 1.82. The van der Waals surface area contributed by atoms with E-state index < -0.39 is 0 Å². The molecule has 0 N–H and O–H groups in total. The Morgan fingerprint density at radius 3 is 2.73 bits per heavy atom. The third-order valence-corrected chi connectivity index (χ3v) is 4.59. The highest BCUT2D eigenvalue weighted by atomic mass is 15.3. The Bertz CT molecular complexity index is 611. The number of pyridine rings is 1. The second-order valence-electron chi connectivity index (χ2n) is 6.37. The summed E-state index contributed by atoms with van der Waals surface area (Å²) in [6.07, 6.45) is 9.90. The SMILES string of the molecule is CCCCc1cccc(-c2nc(C3CCCCC3)n(C)n2)n1. The average molecular weight is 298 g/mol. The highest BCUT2D eigenvalue weighted by molar-refractivity contribution is 5.48. The van der Waals surface area contributed by atoms with Crippen molar-refractivity contribution in [2.24, 2.45) is 7.05 Å². The largest absolute Gasteiger partial charge is 0.252 e. The van der Waals surface area contributed by atoms with E-state index in [4.69, 9.17) is 9.97 Å². The number of hydrogen-bond acceptors (Lipinski definition) is 3. The van der Waals surface area contributed by atoms with Crippen LogP contribution in [0.4, 0.5) is 0 Å². The molecule has 0 amide bonds. The highest BCUT2D eigenvalue weighted by Gasteiger charge is 2.21. The fourth-order valence-corrected chi connectivity index (χ4v) is 3.32. The first-order chi connectivity index (χ1) is 10.8. The quantitative estimate of drug-likeness (QED) is 0.828. The number of aryl methyl sites for hydroxylation is 2. The molecular weight excluding hydrogens is 272 g/mol. The number of hydrogen-bond donors (Lipinski definition) is 0. The van der Waals surface area contributed by atoms with Crippen molar-refractivity contribution in [3.05, 3.63) is 29.7 Å². The van der Waals surface area contributed by atoms with E-state index in [1.54, 1.807) is 0 Å². The molecule has 1 fully saturated rings. The Hall–Kier alpha value is -1.71. The van der Waals surface area contributed by atoms with Crippen LogP contribution in [-0.4, -0.2) is 19.7 Å². The lowest BCUT2D eigenvalue weighted by Gasteiger charge is -2.20. The lowest BCUT2D eigenvalue weighted by atomic mass is 9.89. The van der Waals surface area contributed by atoms with Gasteiger partial charge in [0, 0.05) is 18.7 Å². The van der Waals surface area contributed by atoms with Gasteiger partial charge in [-0.3, -0.25) is 4.68 Å². The van der Waals surface area contributed by atoms with E-state index in [0.29, 0.717) is 5.92 Å². The van der Waals surface area contributed by atoms with Gasteiger partial charge < -0.3 is 0 Å². The second-order valence-corrected chi connectivity index (χ2v) is 6.37. The summed E-state index contributed by atoms with van der Waals surface area (Å²) in [5.41, 5.74) is 2.05. The molecule has 0 aromatic carbocycles. The maximum atomic E-state index is 4.81. The molecule has 0 bridgehead atoms. The van der Waals surface area contributed by atoms with Crippen LogP contribution in [0.5, 0.6) is 0 Å². The predicted octanol–water partition coefficient (Wildman–Crippen LogP) is 4.27. The van der Waals surface area contributed by atoms with Gasteiger partial charge in [0.25, 0.3) is 0 Å². The first-order valence-electron chi connectivity index (χ1n) is 8.65. The number of aromatic nitrogens is 4. The van der Waals surface area contributed by atoms with Crippen LogP contribution in [0.3, 0.4) is 0 Å². The van der Waals surface area contributed by atoms with E-state index in [1.165, 1.54) is 44.9 Å². The van der Waals surface area contributed by atoms with E-state index in [2.05, 4.69) is 24.2 Å². The van der Waals surface area contributed by atoms with Gasteiger partial charge in [0.15, 0.2) is 5.82 Å². The van der Waals surface area contributed by atoms with E-state index in [1.807, 2.05) is 17.8 Å². The van der Waals surface area contributed by atoms with Gasteiger partial charge in [-0.2, -0.15) is 0 Å². The minimum Gasteiger partial charge on any atom is -0.252 e. The lowest BCUT2D eigenvalue weighted by Crippen LogP contribution is -2.10. The van der Waals surface area contributed by atoms with Crippen molar-refractivity contribution < 1.29 is 0 Å². The van der Waals surface area contributed by atoms with Crippen LogP contribution >= 0.6 is 0 Å². The van der Waals surface area contributed by atoms with Crippen molar-refractivity contribution in [1.82, 2.24) is 19.7 Å². The summed E-state index contributed by atoms with van der Waals surface area (Å²) in [4.78, 5) is 9.56. The Morgan fingerprint density at radius 2 is 1.95 bits per heavy atom. The molecule has 1 aliphatic rings. The van der Waals surface area contributed by atoms with Crippen LogP contribution in [0, 0.1) is 0 Å². The number of rotatable bonds is 5. The zero-order valence-corrected chi connectivity index (χ0v) is 13.8. The average Bonchev–Trinajstić information content (AvgIpc) is 2.96. The minimum atomic E-state index is 0.572. The van der Waals surface area contributed by atoms with Crippen molar-refractivity contribution in [3.8, 4) is 11.5 Å². The smallest absolute Gasteiger partial charge is 0.200 e. The standard InChI is InChI=1S/C18H26N4/c1-3-4-11-15-12-8-13-16(19-15)17-20-18(22(2)21-17)14-9-6-5-7-10-14/h8,12-14H,3-7,9-11H2,1-2H3. The molecule has 0 radical (unpaired) electrons. The lowest BCUT2D eigenvalue weighted by molar-refractivity contribution is 0.417. The monoisotopic (exact) mass is 298 g/mol. The van der Waals surface area contributed by atoms with Gasteiger partial charge in [-0.1, -0.05) is 38.7 Å². The minimum absolute atomic E-state index is 0.572. The molecule has 0 aliphatic heterocycles. The van der Waals surface area contributed by atoms with E-state index >= 15 is 0 Å². The number of nitrogens with zero attached hydrogens (tertiary/aromatic N) is 4. The summed E-state index contributed by atoms with van der Waals surface area (Å²) < 4.78 is 1.96. The van der Waals surface area contributed by atoms with Crippen LogP contribution < -0.4 is 0 Å². The van der Waals surface area contributed by atoms with Crippen LogP contribution in [0.2, 0.25) is 0 Å². The van der Waals surface area contributed by atoms with Crippen LogP contribution in [-0.2, 0) is 13.5 Å². The molecule has 2 aromatic heterocycles. The first kappa shape index (κ1) is 15.2. The Labute approximate surface area is 133 Å². The summed E-state index contributed by atoms with van der Waals surface area (Å²) in [7, 11) is 2.02. The van der Waals surface area contributed by atoms with Crippen molar-refractivity contribution in [3.63, 3.8) is 0 Å². The third kappa shape index (κ3) is 3.37. The third-order valence-electron chi connectivity index (χ3n) is 4.59. The molecule has 4 heteroatoms. The topological polar surface area (TPSA) is 43.6 Å². The van der Waals surface area contributed by atoms with Gasteiger partial charge in [0.05, 0.1) is 0 Å². The highest BCUT2D eigenvalue weighted by Crippen LogP contribution is 2.32. The fourth-order valence-electron chi connectivity index (χ4n) is 3.32. The first-order valence-corrected chi connectivity index (χ1v) is 8.65. The van der Waals surface area contributed by atoms with Gasteiger partial charge >= 0.3 is 0 Å². The Morgan fingerprint density at radius 1 is 1.14 bits per heavy atom. The van der Waals surface area contributed by atoms with Gasteiger partial charge in [-0.25, -0.2) is 9.97 Å². The molecule has 3 rings (SSSR count). The van der Waals surface area contributed by atoms with E-state index in [0.717, 1.165) is 29.5 Å². The molecular formula is C18H26N4. The summed E-state index contributed by atoms with van der Waals surface area (Å²) in [6.45, 7) is 2.21. The van der Waals surface area contributed by atoms with Crippen LogP contribution in [0.25, 0.3) is 11.5 Å². The molecule has 1 aliphatic carbocycles. The zero-order valence-electron chi connectivity index (χ0n) is 13.8. The fraction of sp³-hybridized carbons (Fsp3) is 0.611. The molecule has 22 heavy (non-hydrogen) atoms. The number of unbranched alkanes of at least 4 members (excludes halogenated alkanes) is 1. The maximum Gasteiger partial charge on any atom is 0.200 e. The van der Waals surface area contributed by atoms with Gasteiger partial charge in [-0.15, -0.1) is 5.10 Å². The van der Waals surface area contributed by atoms with Crippen molar-refractivity contribution in [2.75, 3.05) is 0 Å². The Kier molecular flexibility index (Phi) is 4.86. The van der Waals surface area contributed by atoms with Gasteiger partial charge in [0.2, 0.25) is 0 Å².